The number of fused-ring (bicyclic) bond motifs is 1. The van der Waals surface area contributed by atoms with E-state index in [9.17, 15) is 4.79 Å². The van der Waals surface area contributed by atoms with Crippen molar-refractivity contribution in [2.24, 2.45) is 0 Å². The van der Waals surface area contributed by atoms with E-state index in [2.05, 4.69) is 4.98 Å². The fourth-order valence-electron chi connectivity index (χ4n) is 2.70. The molecule has 1 aromatic heterocycles. The highest BCUT2D eigenvalue weighted by molar-refractivity contribution is 5.82. The standard InChI is InChI=1S/C13H15NO2.C8H11NO/c1-7-5-10-11(6-12(7)16-4)14-9(3)8(2)13(10)15;1-6-3-4-7(9)5-8(6)10-2/h5-6H,1-4H3,(H,14,15);3-5H,9H2,1-2H3. The summed E-state index contributed by atoms with van der Waals surface area (Å²) in [6.45, 7) is 7.67. The normalized spacial score (nSPS) is 10.2. The van der Waals surface area contributed by atoms with Crippen LogP contribution in [0.4, 0.5) is 5.69 Å². The molecular formula is C21H26N2O3. The van der Waals surface area contributed by atoms with Crippen molar-refractivity contribution in [3.05, 3.63) is 62.9 Å². The van der Waals surface area contributed by atoms with E-state index >= 15 is 0 Å². The number of H-pyrrole nitrogens is 1. The largest absolute Gasteiger partial charge is 0.496 e. The van der Waals surface area contributed by atoms with Gasteiger partial charge in [0, 0.05) is 34.5 Å². The monoisotopic (exact) mass is 354 g/mol. The number of nitrogens with one attached hydrogen (secondary N) is 1. The third-order valence-electron chi connectivity index (χ3n) is 4.44. The molecule has 5 nitrogen and oxygen atoms in total. The van der Waals surface area contributed by atoms with Crippen LogP contribution in [-0.4, -0.2) is 19.2 Å². The Morgan fingerprint density at radius 2 is 1.50 bits per heavy atom. The van der Waals surface area contributed by atoms with E-state index in [1.54, 1.807) is 14.2 Å². The van der Waals surface area contributed by atoms with Crippen LogP contribution in [0.25, 0.3) is 10.9 Å². The molecule has 3 N–H and O–H groups in total. The number of ether oxygens (including phenoxy) is 2. The van der Waals surface area contributed by atoms with E-state index in [-0.39, 0.29) is 5.43 Å². The summed E-state index contributed by atoms with van der Waals surface area (Å²) in [4.78, 5) is 15.3. The van der Waals surface area contributed by atoms with Gasteiger partial charge in [0.1, 0.15) is 11.5 Å². The molecule has 0 amide bonds. The number of aromatic nitrogens is 1. The van der Waals surface area contributed by atoms with Crippen LogP contribution in [0.2, 0.25) is 0 Å². The molecule has 0 unspecified atom stereocenters. The first-order valence-electron chi connectivity index (χ1n) is 8.36. The van der Waals surface area contributed by atoms with Gasteiger partial charge in [-0.25, -0.2) is 0 Å². The van der Waals surface area contributed by atoms with Crippen LogP contribution >= 0.6 is 0 Å². The summed E-state index contributed by atoms with van der Waals surface area (Å²) in [5, 5.41) is 0.724. The van der Waals surface area contributed by atoms with Crippen molar-refractivity contribution in [1.29, 1.82) is 0 Å². The van der Waals surface area contributed by atoms with Crippen LogP contribution in [0.5, 0.6) is 11.5 Å². The molecule has 0 fully saturated rings. The minimum absolute atomic E-state index is 0.0944. The van der Waals surface area contributed by atoms with Gasteiger partial charge in [0.2, 0.25) is 0 Å². The molecule has 0 aliphatic heterocycles. The maximum atomic E-state index is 12.0. The zero-order valence-electron chi connectivity index (χ0n) is 16.2. The predicted octanol–water partition coefficient (Wildman–Crippen LogP) is 4.05. The Labute approximate surface area is 153 Å². The van der Waals surface area contributed by atoms with Crippen molar-refractivity contribution in [2.45, 2.75) is 27.7 Å². The minimum atomic E-state index is 0.0944. The SMILES string of the molecule is COc1cc(N)ccc1C.COc1cc2[nH]c(C)c(C)c(=O)c2cc1C. The van der Waals surface area contributed by atoms with E-state index in [0.717, 1.165) is 50.5 Å². The second-order valence-electron chi connectivity index (χ2n) is 6.30. The van der Waals surface area contributed by atoms with Gasteiger partial charge in [0.05, 0.1) is 19.7 Å². The molecule has 1 heterocycles. The molecule has 0 saturated heterocycles. The second-order valence-corrected chi connectivity index (χ2v) is 6.30. The fourth-order valence-corrected chi connectivity index (χ4v) is 2.70. The first-order valence-corrected chi connectivity index (χ1v) is 8.36. The topological polar surface area (TPSA) is 77.3 Å². The number of methoxy groups -OCH3 is 2. The van der Waals surface area contributed by atoms with Gasteiger partial charge in [-0.1, -0.05) is 6.07 Å². The average molecular weight is 354 g/mol. The third-order valence-corrected chi connectivity index (χ3v) is 4.44. The number of hydrogen-bond donors (Lipinski definition) is 2. The van der Waals surface area contributed by atoms with Crippen molar-refractivity contribution in [3.63, 3.8) is 0 Å². The van der Waals surface area contributed by atoms with E-state index in [1.807, 2.05) is 58.0 Å². The number of aromatic amines is 1. The lowest BCUT2D eigenvalue weighted by molar-refractivity contribution is 0.412. The van der Waals surface area contributed by atoms with Crippen LogP contribution in [0.1, 0.15) is 22.4 Å². The summed E-state index contributed by atoms with van der Waals surface area (Å²) in [6, 6.07) is 9.36. The number of hydrogen-bond acceptors (Lipinski definition) is 4. The van der Waals surface area contributed by atoms with Gasteiger partial charge in [-0.15, -0.1) is 0 Å². The molecule has 138 valence electrons. The van der Waals surface area contributed by atoms with Crippen molar-refractivity contribution >= 4 is 16.6 Å². The Kier molecular flexibility index (Phi) is 5.93. The number of pyridine rings is 1. The highest BCUT2D eigenvalue weighted by Crippen LogP contribution is 2.23. The van der Waals surface area contributed by atoms with E-state index in [0.29, 0.717) is 0 Å². The Bertz CT molecular complexity index is 991. The molecule has 5 heteroatoms. The number of aryl methyl sites for hydroxylation is 3. The van der Waals surface area contributed by atoms with Crippen molar-refractivity contribution in [2.75, 3.05) is 20.0 Å². The van der Waals surface area contributed by atoms with Crippen molar-refractivity contribution < 1.29 is 9.47 Å². The van der Waals surface area contributed by atoms with Gasteiger partial charge in [0.25, 0.3) is 0 Å². The molecule has 0 aliphatic carbocycles. The zero-order chi connectivity index (χ0) is 19.4. The quantitative estimate of drug-likeness (QED) is 0.681. The smallest absolute Gasteiger partial charge is 0.192 e. The summed E-state index contributed by atoms with van der Waals surface area (Å²) in [6.07, 6.45) is 0. The van der Waals surface area contributed by atoms with Gasteiger partial charge < -0.3 is 20.2 Å². The second kappa shape index (κ2) is 7.95. The first-order chi connectivity index (χ1) is 12.3. The first kappa shape index (κ1) is 19.4. The van der Waals surface area contributed by atoms with Crippen LogP contribution in [0.15, 0.2) is 35.1 Å². The summed E-state index contributed by atoms with van der Waals surface area (Å²) < 4.78 is 10.3. The van der Waals surface area contributed by atoms with Crippen LogP contribution in [-0.2, 0) is 0 Å². The summed E-state index contributed by atoms with van der Waals surface area (Å²) in [5.74, 6) is 1.64. The molecule has 0 aliphatic rings. The van der Waals surface area contributed by atoms with Crippen LogP contribution < -0.4 is 20.6 Å². The molecule has 3 rings (SSSR count). The number of nitrogens with two attached hydrogens (primary N) is 1. The van der Waals surface area contributed by atoms with Crippen molar-refractivity contribution in [1.82, 2.24) is 4.98 Å². The molecule has 0 bridgehead atoms. The van der Waals surface area contributed by atoms with Gasteiger partial charge in [0.15, 0.2) is 5.43 Å². The van der Waals surface area contributed by atoms with Crippen LogP contribution in [0, 0.1) is 27.7 Å². The summed E-state index contributed by atoms with van der Waals surface area (Å²) >= 11 is 0. The lowest BCUT2D eigenvalue weighted by Gasteiger charge is -2.08. The van der Waals surface area contributed by atoms with E-state index in [1.165, 1.54) is 0 Å². The number of rotatable bonds is 2. The maximum Gasteiger partial charge on any atom is 0.192 e. The Morgan fingerprint density at radius 3 is 2.08 bits per heavy atom. The molecular weight excluding hydrogens is 328 g/mol. The lowest BCUT2D eigenvalue weighted by Crippen LogP contribution is -2.10. The fraction of sp³-hybridized carbons (Fsp3) is 0.286. The molecule has 3 aromatic rings. The molecule has 0 spiro atoms. The maximum absolute atomic E-state index is 12.0. The van der Waals surface area contributed by atoms with Gasteiger partial charge >= 0.3 is 0 Å². The summed E-state index contributed by atoms with van der Waals surface area (Å²) in [5.41, 5.74) is 10.9. The Morgan fingerprint density at radius 1 is 0.885 bits per heavy atom. The zero-order valence-corrected chi connectivity index (χ0v) is 16.2. The Hall–Kier alpha value is -2.95. The molecule has 0 radical (unpaired) electrons. The number of benzene rings is 2. The number of anilines is 1. The van der Waals surface area contributed by atoms with E-state index < -0.39 is 0 Å². The molecule has 0 saturated carbocycles. The Balaban J connectivity index is 0.000000209. The average Bonchev–Trinajstić information content (AvgIpc) is 2.62. The third kappa shape index (κ3) is 3.99. The predicted molar refractivity (Wildman–Crippen MR) is 107 cm³/mol. The van der Waals surface area contributed by atoms with Crippen LogP contribution in [0.3, 0.4) is 0 Å². The van der Waals surface area contributed by atoms with E-state index in [4.69, 9.17) is 15.2 Å². The molecule has 2 aromatic carbocycles. The molecule has 26 heavy (non-hydrogen) atoms. The van der Waals surface area contributed by atoms with Crippen molar-refractivity contribution in [3.8, 4) is 11.5 Å². The highest BCUT2D eigenvalue weighted by atomic mass is 16.5. The number of nitrogen functional groups attached to an aromatic ring is 1. The highest BCUT2D eigenvalue weighted by Gasteiger charge is 2.08. The van der Waals surface area contributed by atoms with Gasteiger partial charge in [-0.2, -0.15) is 0 Å². The van der Waals surface area contributed by atoms with Gasteiger partial charge in [-0.3, -0.25) is 4.79 Å². The lowest BCUT2D eigenvalue weighted by atomic mass is 10.1. The van der Waals surface area contributed by atoms with Gasteiger partial charge in [-0.05, 0) is 51.0 Å². The molecule has 0 atom stereocenters. The minimum Gasteiger partial charge on any atom is -0.496 e. The summed E-state index contributed by atoms with van der Waals surface area (Å²) in [7, 11) is 3.27.